The molecule has 0 fully saturated rings. The minimum absolute atomic E-state index is 0.0213. The molecule has 0 saturated heterocycles. The summed E-state index contributed by atoms with van der Waals surface area (Å²) in [7, 11) is -0.951. The van der Waals surface area contributed by atoms with E-state index in [2.05, 4.69) is 97.9 Å². The highest BCUT2D eigenvalue weighted by atomic mass is 33.2. The molecular weight excluding hydrogens is 491 g/mol. The average Bonchev–Trinajstić information content (AvgIpc) is 2.98. The first-order valence-corrected chi connectivity index (χ1v) is 16.6. The summed E-state index contributed by atoms with van der Waals surface area (Å²) in [6.45, 7) is 16.6. The van der Waals surface area contributed by atoms with Gasteiger partial charge in [0.2, 0.25) is 0 Å². The van der Waals surface area contributed by atoms with Crippen LogP contribution in [0.3, 0.4) is 0 Å². The topological polar surface area (TPSA) is 17.1 Å². The number of benzene rings is 3. The first-order valence-electron chi connectivity index (χ1n) is 11.6. The van der Waals surface area contributed by atoms with Gasteiger partial charge in [-0.1, -0.05) is 91.8 Å². The lowest BCUT2D eigenvalue weighted by molar-refractivity contribution is 0.580. The number of fused-ring (bicyclic) bond motifs is 3. The van der Waals surface area contributed by atoms with Crippen molar-refractivity contribution in [3.63, 3.8) is 0 Å². The van der Waals surface area contributed by atoms with E-state index in [0.717, 1.165) is 10.9 Å². The molecule has 1 nitrogen and oxygen atoms in total. The predicted molar refractivity (Wildman–Crippen MR) is 156 cm³/mol. The van der Waals surface area contributed by atoms with Gasteiger partial charge in [0, 0.05) is 10.7 Å². The van der Waals surface area contributed by atoms with E-state index in [-0.39, 0.29) is 16.2 Å². The summed E-state index contributed by atoms with van der Waals surface area (Å²) in [5.41, 5.74) is 10.5. The first-order chi connectivity index (χ1) is 15.6. The van der Waals surface area contributed by atoms with Crippen LogP contribution in [0, 0.1) is 0 Å². The minimum Gasteiger partial charge on any atom is -0.265 e. The zero-order chi connectivity index (χ0) is 25.2. The van der Waals surface area contributed by atoms with Crippen LogP contribution in [0.5, 0.6) is 0 Å². The van der Waals surface area contributed by atoms with Crippen molar-refractivity contribution in [2.45, 2.75) is 71.6 Å². The number of hydrogen-bond acceptors (Lipinski definition) is 3. The molecule has 34 heavy (non-hydrogen) atoms. The fraction of sp³-hybridized carbons (Fsp3) is 0.379. The van der Waals surface area contributed by atoms with Crippen LogP contribution in [-0.2, 0) is 50.4 Å². The van der Waals surface area contributed by atoms with Crippen molar-refractivity contribution < 1.29 is 4.57 Å². The molecular formula is C29H33OPS3. The van der Waals surface area contributed by atoms with Gasteiger partial charge in [-0.05, 0) is 103 Å². The van der Waals surface area contributed by atoms with Crippen LogP contribution >= 0.6 is 6.58 Å². The monoisotopic (exact) mass is 524 g/mol. The quantitative estimate of drug-likeness (QED) is 0.315. The maximum absolute atomic E-state index is 12.5. The van der Waals surface area contributed by atoms with Crippen molar-refractivity contribution in [1.29, 1.82) is 0 Å². The molecule has 0 amide bonds. The van der Waals surface area contributed by atoms with E-state index in [0.29, 0.717) is 0 Å². The van der Waals surface area contributed by atoms with Gasteiger partial charge in [-0.3, -0.25) is 4.57 Å². The molecule has 1 atom stereocenters. The Kier molecular flexibility index (Phi) is 6.39. The fourth-order valence-corrected chi connectivity index (χ4v) is 7.82. The van der Waals surface area contributed by atoms with Crippen LogP contribution in [0.4, 0.5) is 0 Å². The Morgan fingerprint density at radius 2 is 1.29 bits per heavy atom. The predicted octanol–water partition coefficient (Wildman–Crippen LogP) is 8.16. The lowest BCUT2D eigenvalue weighted by Crippen LogP contribution is -2.19. The maximum Gasteiger partial charge on any atom is 0.198 e. The molecule has 1 unspecified atom stereocenters. The highest BCUT2D eigenvalue weighted by Crippen LogP contribution is 2.54. The highest BCUT2D eigenvalue weighted by molar-refractivity contribution is 8.57. The number of rotatable bonds is 2. The molecule has 1 aliphatic carbocycles. The summed E-state index contributed by atoms with van der Waals surface area (Å²) in [6.07, 6.45) is 0. The molecule has 0 saturated carbocycles. The Morgan fingerprint density at radius 1 is 0.735 bits per heavy atom. The van der Waals surface area contributed by atoms with Crippen LogP contribution in [0.25, 0.3) is 22.3 Å². The number of hydrogen-bond donors (Lipinski definition) is 0. The molecule has 4 rings (SSSR count). The van der Waals surface area contributed by atoms with E-state index in [1.807, 2.05) is 12.1 Å². The Bertz CT molecular complexity index is 1480. The highest BCUT2D eigenvalue weighted by Gasteiger charge is 2.39. The third-order valence-electron chi connectivity index (χ3n) is 7.03. The summed E-state index contributed by atoms with van der Waals surface area (Å²) in [4.78, 5) is 0. The van der Waals surface area contributed by atoms with Crippen molar-refractivity contribution in [3.05, 3.63) is 76.9 Å². The molecule has 3 aromatic rings. The largest absolute Gasteiger partial charge is 0.265 e. The Hall–Kier alpha value is -1.58. The molecule has 5 heteroatoms. The van der Waals surface area contributed by atoms with Crippen LogP contribution in [0.2, 0.25) is 0 Å². The van der Waals surface area contributed by atoms with Gasteiger partial charge in [0.1, 0.15) is 0 Å². The maximum atomic E-state index is 12.5. The van der Waals surface area contributed by atoms with Gasteiger partial charge >= 0.3 is 0 Å². The summed E-state index contributed by atoms with van der Waals surface area (Å²) < 4.78 is 12.5. The van der Waals surface area contributed by atoms with Crippen molar-refractivity contribution in [2.75, 3.05) is 0 Å². The van der Waals surface area contributed by atoms with Crippen LogP contribution in [0.1, 0.15) is 77.6 Å². The van der Waals surface area contributed by atoms with Crippen molar-refractivity contribution >= 4 is 41.4 Å². The molecule has 0 heterocycles. The Morgan fingerprint density at radius 3 is 1.82 bits per heavy atom. The van der Waals surface area contributed by atoms with Crippen LogP contribution < -0.4 is 5.30 Å². The standard InChI is InChI=1S/C29H33OPS3/c1-27(2,3)19-11-14-22-24(16-19)29(7,8)25-17-20(28(4,5)6)15-23(26(22)25)18-9-12-21(13-10-18)31(30)34(32)33/h9-17H,1-8H3. The Balaban J connectivity index is 2.03. The van der Waals surface area contributed by atoms with Gasteiger partial charge < -0.3 is 0 Å². The van der Waals surface area contributed by atoms with Crippen molar-refractivity contribution in [1.82, 2.24) is 0 Å². The van der Waals surface area contributed by atoms with Crippen LogP contribution in [0.15, 0.2) is 54.6 Å². The summed E-state index contributed by atoms with van der Waals surface area (Å²) in [6, 6.07) is 19.8. The van der Waals surface area contributed by atoms with Gasteiger partial charge in [-0.25, -0.2) is 0 Å². The lowest BCUT2D eigenvalue weighted by atomic mass is 9.76. The zero-order valence-electron chi connectivity index (χ0n) is 21.3. The molecule has 0 radical (unpaired) electrons. The Labute approximate surface area is 215 Å². The molecule has 0 aromatic heterocycles. The van der Waals surface area contributed by atoms with Gasteiger partial charge in [-0.2, -0.15) is 0 Å². The smallest absolute Gasteiger partial charge is 0.198 e. The SMILES string of the molecule is CC(C)(C)c1ccc2c(c1)C(C)(C)c1cc(C(C)(C)C)cc(-c3ccc(P(=O)=S(=S)=S)cc3)c1-2. The van der Waals surface area contributed by atoms with Gasteiger partial charge in [0.05, 0.1) is 0 Å². The second-order valence-corrected chi connectivity index (χ2v) is 19.5. The fourth-order valence-electron chi connectivity index (χ4n) is 4.83. The first kappa shape index (κ1) is 25.5. The van der Waals surface area contributed by atoms with E-state index in [4.69, 9.17) is 22.4 Å². The lowest BCUT2D eigenvalue weighted by Gasteiger charge is -2.27. The van der Waals surface area contributed by atoms with E-state index in [9.17, 15) is 4.57 Å². The van der Waals surface area contributed by atoms with E-state index in [1.54, 1.807) is 0 Å². The summed E-state index contributed by atoms with van der Waals surface area (Å²) in [5, 5.41) is 0.742. The average molecular weight is 525 g/mol. The van der Waals surface area contributed by atoms with Gasteiger partial charge in [-0.15, -0.1) is 0 Å². The van der Waals surface area contributed by atoms with E-state index < -0.39 is 13.8 Å². The zero-order valence-corrected chi connectivity index (χ0v) is 24.6. The molecule has 0 bridgehead atoms. The second kappa shape index (κ2) is 8.52. The minimum atomic E-state index is -1.71. The third kappa shape index (κ3) is 4.39. The summed E-state index contributed by atoms with van der Waals surface area (Å²) >= 11 is 10.2. The normalized spacial score (nSPS) is 15.0. The van der Waals surface area contributed by atoms with Gasteiger partial charge in [0.25, 0.3) is 0 Å². The molecule has 0 N–H and O–H groups in total. The summed E-state index contributed by atoms with van der Waals surface area (Å²) in [5.74, 6) is 0. The van der Waals surface area contributed by atoms with E-state index in [1.165, 1.54) is 38.9 Å². The molecule has 3 aromatic carbocycles. The molecule has 0 spiro atoms. The van der Waals surface area contributed by atoms with Crippen molar-refractivity contribution in [2.24, 2.45) is 0 Å². The van der Waals surface area contributed by atoms with Crippen molar-refractivity contribution in [3.8, 4) is 22.3 Å². The second-order valence-electron chi connectivity index (χ2n) is 11.9. The van der Waals surface area contributed by atoms with Gasteiger partial charge in [0.15, 0.2) is 6.58 Å². The molecule has 0 aliphatic heterocycles. The van der Waals surface area contributed by atoms with Crippen LogP contribution in [-0.4, -0.2) is 0 Å². The molecule has 178 valence electrons. The third-order valence-corrected chi connectivity index (χ3v) is 11.9. The molecule has 1 aliphatic rings. The van der Waals surface area contributed by atoms with E-state index >= 15 is 0 Å².